The van der Waals surface area contributed by atoms with Crippen LogP contribution in [0.15, 0.2) is 21.9 Å². The number of nitrogens with one attached hydrogen (secondary N) is 1. The van der Waals surface area contributed by atoms with Crippen molar-refractivity contribution in [2.45, 2.75) is 19.8 Å². The molecule has 170 valence electrons. The van der Waals surface area contributed by atoms with Gasteiger partial charge in [-0.2, -0.15) is 0 Å². The molecule has 2 aliphatic heterocycles. The summed E-state index contributed by atoms with van der Waals surface area (Å²) in [5, 5.41) is 2.74. The van der Waals surface area contributed by atoms with Gasteiger partial charge in [0.15, 0.2) is 33.1 Å². The molecule has 0 aromatic heterocycles. The first-order valence-electron chi connectivity index (χ1n) is 9.22. The van der Waals surface area contributed by atoms with Gasteiger partial charge in [-0.15, -0.1) is 0 Å². The fourth-order valence-corrected chi connectivity index (χ4v) is 5.59. The summed E-state index contributed by atoms with van der Waals surface area (Å²) < 4.78 is 102. The van der Waals surface area contributed by atoms with E-state index in [1.165, 1.54) is 13.8 Å². The van der Waals surface area contributed by atoms with Gasteiger partial charge in [-0.05, 0) is 20.9 Å². The van der Waals surface area contributed by atoms with Crippen LogP contribution in [0.3, 0.4) is 0 Å². The van der Waals surface area contributed by atoms with E-state index >= 15 is 0 Å². The topological polar surface area (TPSA) is 75.7 Å². The normalized spacial score (nSPS) is 21.5. The third-order valence-corrected chi connectivity index (χ3v) is 7.00. The van der Waals surface area contributed by atoms with Gasteiger partial charge in [0.2, 0.25) is 5.82 Å². The van der Waals surface area contributed by atoms with Crippen LogP contribution < -0.4 is 5.32 Å². The van der Waals surface area contributed by atoms with E-state index in [0.29, 0.717) is 0 Å². The molecular formula is C19H19F5N2O4S. The molecule has 0 amide bonds. The Morgan fingerprint density at radius 3 is 2.19 bits per heavy atom. The van der Waals surface area contributed by atoms with Gasteiger partial charge < -0.3 is 10.1 Å². The zero-order chi connectivity index (χ0) is 23.2. The second-order valence-corrected chi connectivity index (χ2v) is 9.28. The third kappa shape index (κ3) is 3.82. The Hall–Kier alpha value is -2.47. The lowest BCUT2D eigenvalue weighted by atomic mass is 9.85. The summed E-state index contributed by atoms with van der Waals surface area (Å²) in [4.78, 5) is 13.6. The Labute approximate surface area is 175 Å². The molecule has 0 aliphatic carbocycles. The van der Waals surface area contributed by atoms with Crippen LogP contribution >= 0.6 is 0 Å². The molecule has 1 aromatic carbocycles. The minimum Gasteiger partial charge on any atom is -0.463 e. The Morgan fingerprint density at radius 2 is 1.65 bits per heavy atom. The molecule has 6 nitrogen and oxygen atoms in total. The van der Waals surface area contributed by atoms with Gasteiger partial charge in [0.1, 0.15) is 0 Å². The van der Waals surface area contributed by atoms with Crippen molar-refractivity contribution in [3.8, 4) is 0 Å². The fourth-order valence-electron chi connectivity index (χ4n) is 3.73. The number of hydrogen-bond donors (Lipinski definition) is 1. The van der Waals surface area contributed by atoms with Gasteiger partial charge in [-0.1, -0.05) is 0 Å². The van der Waals surface area contributed by atoms with Crippen LogP contribution in [0.5, 0.6) is 0 Å². The van der Waals surface area contributed by atoms with Crippen LogP contribution in [0.2, 0.25) is 0 Å². The van der Waals surface area contributed by atoms with Crippen molar-refractivity contribution in [1.29, 1.82) is 0 Å². The van der Waals surface area contributed by atoms with E-state index in [9.17, 15) is 35.2 Å². The number of carbonyl (C=O) groups is 1. The first-order valence-corrected chi connectivity index (χ1v) is 10.9. The molecule has 0 radical (unpaired) electrons. The third-order valence-electron chi connectivity index (χ3n) is 5.12. The zero-order valence-electron chi connectivity index (χ0n) is 16.8. The van der Waals surface area contributed by atoms with Crippen molar-refractivity contribution in [2.24, 2.45) is 0 Å². The van der Waals surface area contributed by atoms with Crippen molar-refractivity contribution < 1.29 is 39.9 Å². The number of rotatable bonds is 3. The minimum atomic E-state index is -4.26. The predicted octanol–water partition coefficient (Wildman–Crippen LogP) is 2.48. The summed E-state index contributed by atoms with van der Waals surface area (Å²) in [7, 11) is -2.67. The molecule has 0 saturated carbocycles. The zero-order valence-corrected chi connectivity index (χ0v) is 17.6. The van der Waals surface area contributed by atoms with Crippen molar-refractivity contribution in [1.82, 2.24) is 10.2 Å². The van der Waals surface area contributed by atoms with E-state index < -0.39 is 72.6 Å². The molecule has 31 heavy (non-hydrogen) atoms. The van der Waals surface area contributed by atoms with E-state index in [0.717, 1.165) is 0 Å². The highest BCUT2D eigenvalue weighted by Crippen LogP contribution is 2.45. The van der Waals surface area contributed by atoms with Gasteiger partial charge in [-0.3, -0.25) is 4.90 Å². The second kappa shape index (κ2) is 8.23. The van der Waals surface area contributed by atoms with Gasteiger partial charge in [0, 0.05) is 30.0 Å². The maximum atomic E-state index is 14.8. The van der Waals surface area contributed by atoms with Gasteiger partial charge in [0.05, 0.1) is 28.8 Å². The maximum absolute atomic E-state index is 14.8. The van der Waals surface area contributed by atoms with E-state index in [-0.39, 0.29) is 31.1 Å². The number of allylic oxidation sites excluding steroid dienone is 2. The summed E-state index contributed by atoms with van der Waals surface area (Å²) in [6.45, 7) is 2.63. The molecular weight excluding hydrogens is 447 g/mol. The molecule has 2 aliphatic rings. The lowest BCUT2D eigenvalue weighted by molar-refractivity contribution is -0.138. The molecule has 0 saturated heterocycles. The van der Waals surface area contributed by atoms with Gasteiger partial charge in [-0.25, -0.2) is 35.2 Å². The summed E-state index contributed by atoms with van der Waals surface area (Å²) in [5.74, 6) is -15.0. The number of halogens is 5. The van der Waals surface area contributed by atoms with Gasteiger partial charge >= 0.3 is 5.97 Å². The second-order valence-electron chi connectivity index (χ2n) is 7.20. The predicted molar refractivity (Wildman–Crippen MR) is 99.8 cm³/mol. The molecule has 1 atom stereocenters. The molecule has 1 N–H and O–H groups in total. The van der Waals surface area contributed by atoms with Crippen LogP contribution in [0, 0.1) is 29.1 Å². The Balaban J connectivity index is 2.43. The number of dihydropyridines is 1. The number of benzene rings is 1. The van der Waals surface area contributed by atoms with E-state index in [4.69, 9.17) is 4.74 Å². The summed E-state index contributed by atoms with van der Waals surface area (Å²) in [5.41, 5.74) is -1.99. The lowest BCUT2D eigenvalue weighted by Crippen LogP contribution is -2.35. The largest absolute Gasteiger partial charge is 0.463 e. The van der Waals surface area contributed by atoms with Crippen molar-refractivity contribution in [3.05, 3.63) is 56.5 Å². The Bertz CT molecular complexity index is 1100. The Kier molecular flexibility index (Phi) is 6.16. The summed E-state index contributed by atoms with van der Waals surface area (Å²) in [6, 6.07) is 0. The number of nitrogens with zero attached hydrogens (tertiary/aromatic N) is 1. The number of carbonyl (C=O) groups excluding carboxylic acids is 1. The van der Waals surface area contributed by atoms with Crippen molar-refractivity contribution in [3.63, 3.8) is 0 Å². The summed E-state index contributed by atoms with van der Waals surface area (Å²) in [6.07, 6.45) is 0. The fraction of sp³-hybridized carbons (Fsp3) is 0.421. The number of esters is 1. The van der Waals surface area contributed by atoms with Crippen molar-refractivity contribution >= 4 is 15.8 Å². The molecule has 0 fully saturated rings. The number of ether oxygens (including phenoxy) is 1. The molecule has 2 heterocycles. The molecule has 3 rings (SSSR count). The average Bonchev–Trinajstić information content (AvgIpc) is 2.80. The maximum Gasteiger partial charge on any atom is 0.336 e. The molecule has 0 spiro atoms. The van der Waals surface area contributed by atoms with Crippen LogP contribution in [-0.2, 0) is 19.4 Å². The van der Waals surface area contributed by atoms with Crippen molar-refractivity contribution in [2.75, 3.05) is 32.5 Å². The van der Waals surface area contributed by atoms with Crippen LogP contribution in [0.25, 0.3) is 0 Å². The van der Waals surface area contributed by atoms with E-state index in [1.807, 2.05) is 0 Å². The van der Waals surface area contributed by atoms with Crippen LogP contribution in [-0.4, -0.2) is 51.8 Å². The number of hydrogen-bond acceptors (Lipinski definition) is 6. The smallest absolute Gasteiger partial charge is 0.336 e. The van der Waals surface area contributed by atoms with E-state index in [1.54, 1.807) is 11.9 Å². The summed E-state index contributed by atoms with van der Waals surface area (Å²) >= 11 is 0. The Morgan fingerprint density at radius 1 is 1.10 bits per heavy atom. The highest BCUT2D eigenvalue weighted by molar-refractivity contribution is 7.95. The standard InChI is InChI=1S/C19H19F5N2O4S/c1-4-30-19(27)10-8(2)25-9-7-26(3)5-6-31(28,29)18(9)11(10)12-13(20)15(22)17(24)16(23)14(12)21/h11,25H,4-7H2,1-3H3. The monoisotopic (exact) mass is 466 g/mol. The highest BCUT2D eigenvalue weighted by Gasteiger charge is 2.46. The van der Waals surface area contributed by atoms with Crippen LogP contribution in [0.4, 0.5) is 22.0 Å². The first kappa shape index (κ1) is 23.2. The molecule has 1 aromatic rings. The van der Waals surface area contributed by atoms with E-state index in [2.05, 4.69) is 5.32 Å². The average molecular weight is 466 g/mol. The number of likely N-dealkylation sites (N-methyl/N-ethyl adjacent to an activating group) is 1. The number of sulfone groups is 1. The van der Waals surface area contributed by atoms with Gasteiger partial charge in [0.25, 0.3) is 0 Å². The molecule has 12 heteroatoms. The lowest BCUT2D eigenvalue weighted by Gasteiger charge is -2.32. The first-order chi connectivity index (χ1) is 14.4. The quantitative estimate of drug-likeness (QED) is 0.319. The highest BCUT2D eigenvalue weighted by atomic mass is 32.2. The molecule has 1 unspecified atom stereocenters. The SMILES string of the molecule is CCOC(=O)C1=C(C)NC2=C(C1c1c(F)c(F)c(F)c(F)c1F)S(=O)(=O)CCN(C)C2. The molecule has 0 bridgehead atoms. The minimum absolute atomic E-state index is 0.0144. The van der Waals surface area contributed by atoms with Crippen LogP contribution in [0.1, 0.15) is 25.3 Å².